The van der Waals surface area contributed by atoms with Crippen molar-refractivity contribution in [2.75, 3.05) is 9.80 Å². The van der Waals surface area contributed by atoms with E-state index in [1.807, 2.05) is 36.4 Å². The van der Waals surface area contributed by atoms with E-state index in [9.17, 15) is 0 Å². The van der Waals surface area contributed by atoms with E-state index < -0.39 is 0 Å². The molecule has 256 valence electrons. The zero-order chi connectivity index (χ0) is 35.9. The van der Waals surface area contributed by atoms with Crippen molar-refractivity contribution in [1.82, 2.24) is 0 Å². The summed E-state index contributed by atoms with van der Waals surface area (Å²) < 4.78 is 14.0. The van der Waals surface area contributed by atoms with E-state index in [-0.39, 0.29) is 17.5 Å². The van der Waals surface area contributed by atoms with Crippen molar-refractivity contribution in [3.05, 3.63) is 150 Å². The quantitative estimate of drug-likeness (QED) is 0.171. The molecule has 0 atom stereocenters. The third-order valence-corrected chi connectivity index (χ3v) is 10.7. The van der Waals surface area contributed by atoms with Gasteiger partial charge in [-0.3, -0.25) is 0 Å². The number of hydrogen-bond donors (Lipinski definition) is 0. The fourth-order valence-corrected chi connectivity index (χ4v) is 7.92. The molecule has 2 aliphatic heterocycles. The molecule has 7 aromatic rings. The molecule has 0 bridgehead atoms. The molecule has 4 heterocycles. The van der Waals surface area contributed by atoms with Gasteiger partial charge in [-0.05, 0) is 63.8 Å². The molecule has 0 spiro atoms. The van der Waals surface area contributed by atoms with Crippen LogP contribution in [-0.2, 0) is 10.8 Å². The Labute approximate surface area is 311 Å². The van der Waals surface area contributed by atoms with Gasteiger partial charge in [0, 0.05) is 51.0 Å². The van der Waals surface area contributed by atoms with Crippen molar-refractivity contribution >= 4 is 69.2 Å². The molecule has 2 aromatic heterocycles. The van der Waals surface area contributed by atoms with Crippen molar-refractivity contribution in [2.24, 2.45) is 0 Å². The Morgan fingerprint density at radius 3 is 1.23 bits per heavy atom. The summed E-state index contributed by atoms with van der Waals surface area (Å²) in [6.45, 7) is 13.2. The van der Waals surface area contributed by atoms with Gasteiger partial charge in [-0.15, -0.1) is 0 Å². The summed E-state index contributed by atoms with van der Waals surface area (Å²) in [7, 11) is 0. The molecule has 0 saturated heterocycles. The predicted octanol–water partition coefficient (Wildman–Crippen LogP) is 11.5. The molecule has 0 radical (unpaired) electrons. The van der Waals surface area contributed by atoms with Crippen molar-refractivity contribution in [2.45, 2.75) is 52.4 Å². The molecule has 0 saturated carbocycles. The summed E-state index contributed by atoms with van der Waals surface area (Å²) >= 11 is 7.16. The highest BCUT2D eigenvalue weighted by Crippen LogP contribution is 2.48. The normalized spacial score (nSPS) is 13.6. The SMILES string of the molecule is CC(C)(C)c1ccc(N2c3cc(-c4ccccc4)oc3B3c4oc(-c5ccccc5)cc4N(c4ccc(C(C)(C)C)cc4)c4cc(Cl)cc2c43)cc1. The van der Waals surface area contributed by atoms with E-state index in [0.29, 0.717) is 5.02 Å². The zero-order valence-electron chi connectivity index (χ0n) is 30.4. The van der Waals surface area contributed by atoms with Gasteiger partial charge in [0.25, 0.3) is 0 Å². The van der Waals surface area contributed by atoms with Crippen LogP contribution in [0.1, 0.15) is 52.7 Å². The third kappa shape index (κ3) is 5.29. The first-order valence-electron chi connectivity index (χ1n) is 18.0. The molecular formula is C46H40BClN2O2. The van der Waals surface area contributed by atoms with Crippen LogP contribution in [0, 0.1) is 0 Å². The van der Waals surface area contributed by atoms with Gasteiger partial charge < -0.3 is 18.6 Å². The number of anilines is 6. The second kappa shape index (κ2) is 11.8. The average molecular weight is 699 g/mol. The number of nitrogens with zero attached hydrogens (tertiary/aromatic N) is 2. The molecular weight excluding hydrogens is 659 g/mol. The van der Waals surface area contributed by atoms with Crippen LogP contribution in [0.3, 0.4) is 0 Å². The third-order valence-electron chi connectivity index (χ3n) is 10.5. The Balaban J connectivity index is 1.33. The van der Waals surface area contributed by atoms with Crippen LogP contribution in [0.15, 0.2) is 142 Å². The lowest BCUT2D eigenvalue weighted by Gasteiger charge is -2.40. The van der Waals surface area contributed by atoms with Gasteiger partial charge >= 0.3 is 6.71 Å². The highest BCUT2D eigenvalue weighted by molar-refractivity contribution is 6.99. The molecule has 0 aliphatic carbocycles. The lowest BCUT2D eigenvalue weighted by molar-refractivity contribution is 0.590. The number of hydrogen-bond acceptors (Lipinski definition) is 4. The summed E-state index contributed by atoms with van der Waals surface area (Å²) in [5, 5.41) is 0.658. The number of furan rings is 2. The minimum absolute atomic E-state index is 0.0250. The fourth-order valence-electron chi connectivity index (χ4n) is 7.72. The molecule has 4 nitrogen and oxygen atoms in total. The molecule has 0 N–H and O–H groups in total. The molecule has 52 heavy (non-hydrogen) atoms. The largest absolute Gasteiger partial charge is 0.468 e. The predicted molar refractivity (Wildman–Crippen MR) is 218 cm³/mol. The van der Waals surface area contributed by atoms with Crippen LogP contribution in [0.4, 0.5) is 34.1 Å². The Hall–Kier alpha value is -5.39. The van der Waals surface area contributed by atoms with E-state index in [1.165, 1.54) is 11.1 Å². The number of rotatable bonds is 4. The minimum atomic E-state index is -0.308. The van der Waals surface area contributed by atoms with E-state index in [4.69, 9.17) is 20.4 Å². The molecule has 6 heteroatoms. The Morgan fingerprint density at radius 2 is 0.865 bits per heavy atom. The van der Waals surface area contributed by atoms with E-state index >= 15 is 0 Å². The standard InChI is InChI=1S/C46H40BClN2O2/c1-45(2,3)31-17-21-34(22-18-31)49-36-25-33(48)26-37-42(36)47(43-38(49)27-40(51-43)29-13-9-7-10-14-29)44-39(28-41(52-44)30-15-11-8-12-16-30)50(37)35-23-19-32(20-24-35)46(4,5)6/h7-28H,1-6H3. The molecule has 9 rings (SSSR count). The number of fused-ring (bicyclic) bond motifs is 4. The lowest BCUT2D eigenvalue weighted by atomic mass is 9.38. The number of benzene rings is 5. The summed E-state index contributed by atoms with van der Waals surface area (Å²) in [5.74, 6) is 1.61. The van der Waals surface area contributed by atoms with E-state index in [2.05, 4.69) is 148 Å². The van der Waals surface area contributed by atoms with Gasteiger partial charge in [0.1, 0.15) is 22.8 Å². The molecule has 0 amide bonds. The van der Waals surface area contributed by atoms with Crippen molar-refractivity contribution in [1.29, 1.82) is 0 Å². The van der Waals surface area contributed by atoms with Gasteiger partial charge in [0.15, 0.2) is 0 Å². The maximum Gasteiger partial charge on any atom is 0.342 e. The molecule has 2 aliphatic rings. The second-order valence-corrected chi connectivity index (χ2v) is 16.4. The van der Waals surface area contributed by atoms with Crippen molar-refractivity contribution in [3.63, 3.8) is 0 Å². The maximum absolute atomic E-state index is 7.16. The van der Waals surface area contributed by atoms with Crippen LogP contribution in [0.2, 0.25) is 5.02 Å². The number of halogens is 1. The van der Waals surface area contributed by atoms with Crippen molar-refractivity contribution in [3.8, 4) is 22.6 Å². The summed E-state index contributed by atoms with van der Waals surface area (Å²) in [6.07, 6.45) is 0. The van der Waals surface area contributed by atoms with Gasteiger partial charge in [-0.25, -0.2) is 0 Å². The Morgan fingerprint density at radius 1 is 0.481 bits per heavy atom. The van der Waals surface area contributed by atoms with Crippen LogP contribution >= 0.6 is 11.6 Å². The van der Waals surface area contributed by atoms with Gasteiger partial charge in [-0.1, -0.05) is 138 Å². The summed E-state index contributed by atoms with van der Waals surface area (Å²) in [5.41, 5.74) is 13.4. The average Bonchev–Trinajstić information content (AvgIpc) is 3.77. The first kappa shape index (κ1) is 32.5. The van der Waals surface area contributed by atoms with Crippen molar-refractivity contribution < 1.29 is 8.83 Å². The van der Waals surface area contributed by atoms with Crippen LogP contribution in [0.25, 0.3) is 22.6 Å². The smallest absolute Gasteiger partial charge is 0.342 e. The van der Waals surface area contributed by atoms with Crippen LogP contribution in [-0.4, -0.2) is 6.71 Å². The van der Waals surface area contributed by atoms with Crippen LogP contribution < -0.4 is 26.6 Å². The van der Waals surface area contributed by atoms with Gasteiger partial charge in [-0.2, -0.15) is 0 Å². The zero-order valence-corrected chi connectivity index (χ0v) is 31.1. The topological polar surface area (TPSA) is 32.8 Å². The first-order chi connectivity index (χ1) is 25.0. The van der Waals surface area contributed by atoms with E-state index in [1.54, 1.807) is 0 Å². The van der Waals surface area contributed by atoms with Gasteiger partial charge in [0.05, 0.1) is 11.4 Å². The summed E-state index contributed by atoms with van der Waals surface area (Å²) in [6, 6.07) is 46.9. The van der Waals surface area contributed by atoms with Gasteiger partial charge in [0.2, 0.25) is 0 Å². The summed E-state index contributed by atoms with van der Waals surface area (Å²) in [4.78, 5) is 4.62. The first-order valence-corrected chi connectivity index (χ1v) is 18.4. The molecule has 0 unspecified atom stereocenters. The van der Waals surface area contributed by atoms with E-state index in [0.717, 1.165) is 73.6 Å². The Bertz CT molecular complexity index is 2270. The second-order valence-electron chi connectivity index (χ2n) is 16.0. The van der Waals surface area contributed by atoms with Crippen LogP contribution in [0.5, 0.6) is 0 Å². The molecule has 0 fully saturated rings. The highest BCUT2D eigenvalue weighted by atomic mass is 35.5. The minimum Gasteiger partial charge on any atom is -0.468 e. The Kier molecular flexibility index (Phi) is 7.40. The maximum atomic E-state index is 7.16. The molecule has 5 aromatic carbocycles. The lowest BCUT2D eigenvalue weighted by Crippen LogP contribution is -2.60. The monoisotopic (exact) mass is 698 g/mol. The highest BCUT2D eigenvalue weighted by Gasteiger charge is 2.49. The fraction of sp³-hybridized carbons (Fsp3) is 0.174.